The van der Waals surface area contributed by atoms with Gasteiger partial charge >= 0.3 is 0 Å². The van der Waals surface area contributed by atoms with Gasteiger partial charge in [-0.05, 0) is 12.1 Å². The van der Waals surface area contributed by atoms with Gasteiger partial charge in [-0.15, -0.1) is 10.2 Å². The SMILES string of the molecule is O=C1N=Nc2c1ccc1cccnc21. The Bertz CT molecular complexity index is 575. The summed E-state index contributed by atoms with van der Waals surface area (Å²) in [6.45, 7) is 0. The van der Waals surface area contributed by atoms with Crippen LogP contribution in [0.25, 0.3) is 10.9 Å². The number of carbonyl (C=O) groups is 1. The minimum absolute atomic E-state index is 0.285. The Morgan fingerprint density at radius 3 is 2.93 bits per heavy atom. The van der Waals surface area contributed by atoms with Crippen LogP contribution in [0.3, 0.4) is 0 Å². The van der Waals surface area contributed by atoms with Gasteiger partial charge in [-0.3, -0.25) is 9.78 Å². The third-order valence-corrected chi connectivity index (χ3v) is 2.22. The summed E-state index contributed by atoms with van der Waals surface area (Å²) >= 11 is 0. The van der Waals surface area contributed by atoms with Crippen molar-refractivity contribution in [3.05, 3.63) is 36.0 Å². The molecule has 0 fully saturated rings. The first-order chi connectivity index (χ1) is 6.86. The molecule has 3 rings (SSSR count). The summed E-state index contributed by atoms with van der Waals surface area (Å²) in [7, 11) is 0. The molecule has 4 heteroatoms. The maximum atomic E-state index is 11.2. The second kappa shape index (κ2) is 2.45. The highest BCUT2D eigenvalue weighted by Crippen LogP contribution is 2.33. The summed E-state index contributed by atoms with van der Waals surface area (Å²) in [6.07, 6.45) is 1.68. The van der Waals surface area contributed by atoms with Crippen molar-refractivity contribution < 1.29 is 4.79 Å². The molecule has 0 unspecified atom stereocenters. The van der Waals surface area contributed by atoms with Crippen molar-refractivity contribution in [2.24, 2.45) is 10.2 Å². The van der Waals surface area contributed by atoms with Gasteiger partial charge in [0.1, 0.15) is 5.69 Å². The number of hydrogen-bond acceptors (Lipinski definition) is 3. The minimum Gasteiger partial charge on any atom is -0.265 e. The Balaban J connectivity index is 2.49. The Kier molecular flexibility index (Phi) is 1.28. The van der Waals surface area contributed by atoms with Crippen molar-refractivity contribution >= 4 is 22.5 Å². The summed E-state index contributed by atoms with van der Waals surface area (Å²) < 4.78 is 0. The molecule has 1 aliphatic heterocycles. The minimum atomic E-state index is -0.285. The van der Waals surface area contributed by atoms with Gasteiger partial charge in [0.15, 0.2) is 0 Å². The average Bonchev–Trinajstić information content (AvgIpc) is 2.61. The summed E-state index contributed by atoms with van der Waals surface area (Å²) in [5.74, 6) is -0.285. The molecule has 0 atom stereocenters. The first-order valence-electron chi connectivity index (χ1n) is 4.20. The molecule has 2 aromatic rings. The fourth-order valence-corrected chi connectivity index (χ4v) is 1.55. The lowest BCUT2D eigenvalue weighted by atomic mass is 10.1. The van der Waals surface area contributed by atoms with Crippen LogP contribution in [0.4, 0.5) is 5.69 Å². The van der Waals surface area contributed by atoms with Gasteiger partial charge in [-0.2, -0.15) is 0 Å². The van der Waals surface area contributed by atoms with E-state index in [1.54, 1.807) is 12.3 Å². The van der Waals surface area contributed by atoms with Gasteiger partial charge < -0.3 is 0 Å². The molecule has 2 heterocycles. The smallest absolute Gasteiger partial charge is 0.265 e. The number of aromatic nitrogens is 1. The van der Waals surface area contributed by atoms with Crippen LogP contribution in [0.5, 0.6) is 0 Å². The van der Waals surface area contributed by atoms with Gasteiger partial charge in [-0.1, -0.05) is 12.1 Å². The maximum absolute atomic E-state index is 11.2. The third-order valence-electron chi connectivity index (χ3n) is 2.22. The van der Waals surface area contributed by atoms with E-state index in [4.69, 9.17) is 0 Å². The molecule has 0 radical (unpaired) electrons. The first kappa shape index (κ1) is 7.32. The van der Waals surface area contributed by atoms with Gasteiger partial charge in [0.2, 0.25) is 0 Å². The van der Waals surface area contributed by atoms with Crippen LogP contribution in [0.15, 0.2) is 40.7 Å². The molecular weight excluding hydrogens is 178 g/mol. The number of hydrogen-bond donors (Lipinski definition) is 0. The number of benzene rings is 1. The second-order valence-electron chi connectivity index (χ2n) is 3.04. The van der Waals surface area contributed by atoms with Crippen LogP contribution in [0, 0.1) is 0 Å². The number of nitrogens with zero attached hydrogens (tertiary/aromatic N) is 3. The molecular formula is C10H5N3O. The average molecular weight is 183 g/mol. The molecule has 66 valence electrons. The Morgan fingerprint density at radius 1 is 1.07 bits per heavy atom. The van der Waals surface area contributed by atoms with Gasteiger partial charge in [0.05, 0.1) is 11.1 Å². The van der Waals surface area contributed by atoms with Gasteiger partial charge in [-0.25, -0.2) is 0 Å². The molecule has 1 aromatic carbocycles. The molecule has 0 aliphatic carbocycles. The molecule has 0 saturated carbocycles. The fourth-order valence-electron chi connectivity index (χ4n) is 1.55. The van der Waals surface area contributed by atoms with E-state index in [1.807, 2.05) is 18.2 Å². The standard InChI is InChI=1S/C10H5N3O/c14-10-7-4-3-6-2-1-5-11-8(6)9(7)12-13-10/h1-5H. The lowest BCUT2D eigenvalue weighted by Crippen LogP contribution is -1.89. The van der Waals surface area contributed by atoms with Crippen LogP contribution < -0.4 is 0 Å². The van der Waals surface area contributed by atoms with Crippen molar-refractivity contribution in [2.75, 3.05) is 0 Å². The van der Waals surface area contributed by atoms with E-state index in [-0.39, 0.29) is 5.91 Å². The van der Waals surface area contributed by atoms with E-state index >= 15 is 0 Å². The number of pyridine rings is 1. The molecule has 0 bridgehead atoms. The zero-order valence-electron chi connectivity index (χ0n) is 7.14. The fraction of sp³-hybridized carbons (Fsp3) is 0. The van der Waals surface area contributed by atoms with Crippen molar-refractivity contribution in [3.8, 4) is 0 Å². The van der Waals surface area contributed by atoms with Crippen LogP contribution in [-0.2, 0) is 0 Å². The van der Waals surface area contributed by atoms with Crippen LogP contribution in [-0.4, -0.2) is 10.9 Å². The monoisotopic (exact) mass is 183 g/mol. The highest BCUT2D eigenvalue weighted by atomic mass is 16.2. The predicted octanol–water partition coefficient (Wildman–Crippen LogP) is 2.47. The highest BCUT2D eigenvalue weighted by Gasteiger charge is 2.19. The number of carbonyl (C=O) groups excluding carboxylic acids is 1. The largest absolute Gasteiger partial charge is 0.297 e. The second-order valence-corrected chi connectivity index (χ2v) is 3.04. The molecule has 1 aliphatic rings. The summed E-state index contributed by atoms with van der Waals surface area (Å²) in [6, 6.07) is 7.38. The van der Waals surface area contributed by atoms with Crippen molar-refractivity contribution in [2.45, 2.75) is 0 Å². The van der Waals surface area contributed by atoms with E-state index < -0.39 is 0 Å². The zero-order valence-corrected chi connectivity index (χ0v) is 7.14. The number of fused-ring (bicyclic) bond motifs is 3. The third kappa shape index (κ3) is 0.821. The van der Waals surface area contributed by atoms with Crippen molar-refractivity contribution in [1.29, 1.82) is 0 Å². The number of azo groups is 1. The van der Waals surface area contributed by atoms with Crippen molar-refractivity contribution in [1.82, 2.24) is 4.98 Å². The highest BCUT2D eigenvalue weighted by molar-refractivity contribution is 6.08. The van der Waals surface area contributed by atoms with Crippen molar-refractivity contribution in [3.63, 3.8) is 0 Å². The van der Waals surface area contributed by atoms with Crippen LogP contribution in [0.2, 0.25) is 0 Å². The lowest BCUT2D eigenvalue weighted by Gasteiger charge is -1.98. The van der Waals surface area contributed by atoms with Crippen LogP contribution >= 0.6 is 0 Å². The quantitative estimate of drug-likeness (QED) is 0.629. The number of rotatable bonds is 0. The number of amides is 1. The van der Waals surface area contributed by atoms with Gasteiger partial charge in [0.25, 0.3) is 5.91 Å². The molecule has 1 aromatic heterocycles. The molecule has 14 heavy (non-hydrogen) atoms. The molecule has 0 N–H and O–H groups in total. The molecule has 1 amide bonds. The lowest BCUT2D eigenvalue weighted by molar-refractivity contribution is 0.100. The first-order valence-corrected chi connectivity index (χ1v) is 4.20. The molecule has 4 nitrogen and oxygen atoms in total. The van der Waals surface area contributed by atoms with E-state index in [1.165, 1.54) is 0 Å². The van der Waals surface area contributed by atoms with E-state index in [9.17, 15) is 4.79 Å². The Morgan fingerprint density at radius 2 is 2.00 bits per heavy atom. The Labute approximate surface area is 79.3 Å². The normalized spacial score (nSPS) is 13.6. The summed E-state index contributed by atoms with van der Waals surface area (Å²) in [5, 5.41) is 8.29. The predicted molar refractivity (Wildman–Crippen MR) is 50.6 cm³/mol. The van der Waals surface area contributed by atoms with E-state index in [0.717, 1.165) is 10.9 Å². The summed E-state index contributed by atoms with van der Waals surface area (Å²) in [4.78, 5) is 15.4. The van der Waals surface area contributed by atoms with Crippen LogP contribution in [0.1, 0.15) is 10.4 Å². The van der Waals surface area contributed by atoms with E-state index in [0.29, 0.717) is 11.3 Å². The Hall–Kier alpha value is -2.10. The topological polar surface area (TPSA) is 54.7 Å². The maximum Gasteiger partial charge on any atom is 0.297 e. The molecule has 0 spiro atoms. The van der Waals surface area contributed by atoms with E-state index in [2.05, 4.69) is 15.2 Å². The summed E-state index contributed by atoms with van der Waals surface area (Å²) in [5.41, 5.74) is 1.86. The zero-order chi connectivity index (χ0) is 9.54. The molecule has 0 saturated heterocycles. The van der Waals surface area contributed by atoms with Gasteiger partial charge in [0, 0.05) is 11.6 Å².